The Morgan fingerprint density at radius 2 is 0.770 bits per heavy atom. The Balaban J connectivity index is 3.74. The highest BCUT2D eigenvalue weighted by Crippen LogP contribution is 2.14. The van der Waals surface area contributed by atoms with E-state index >= 15 is 0 Å². The van der Waals surface area contributed by atoms with Crippen LogP contribution in [-0.2, 0) is 62.1 Å². The van der Waals surface area contributed by atoms with Gasteiger partial charge in [-0.25, -0.2) is 4.79 Å². The van der Waals surface area contributed by atoms with Gasteiger partial charge in [-0.05, 0) is 32.1 Å². The fraction of sp³-hybridized carbons (Fsp3) is 0.820. The highest BCUT2D eigenvalue weighted by molar-refractivity contribution is 9.09. The molecule has 0 aromatic carbocycles. The first kappa shape index (κ1) is 70.0. The lowest BCUT2D eigenvalue weighted by Crippen LogP contribution is -2.43. The number of nitrogens with one attached hydrogen (secondary N) is 6. The largest absolute Gasteiger partial charge is 0.481 e. The van der Waals surface area contributed by atoms with Gasteiger partial charge < -0.3 is 66.0 Å². The summed E-state index contributed by atoms with van der Waals surface area (Å²) in [5, 5.41) is 34.7. The van der Waals surface area contributed by atoms with Gasteiger partial charge >= 0.3 is 11.9 Å². The average Bonchev–Trinajstić information content (AvgIpc) is 3.37. The highest BCUT2D eigenvalue weighted by Gasteiger charge is 2.20. The van der Waals surface area contributed by atoms with Gasteiger partial charge in [-0.15, -0.1) is 0 Å². The van der Waals surface area contributed by atoms with Gasteiger partial charge in [-0.3, -0.25) is 38.4 Å². The van der Waals surface area contributed by atoms with E-state index in [0.29, 0.717) is 32.4 Å². The maximum absolute atomic E-state index is 12.7. The van der Waals surface area contributed by atoms with Crippen molar-refractivity contribution in [3.05, 3.63) is 0 Å². The second-order valence-electron chi connectivity index (χ2n) is 17.6. The third kappa shape index (κ3) is 47.7. The molecule has 7 amide bonds. The molecule has 0 radical (unpaired) electrons. The molecular formula is C50H89Br2N7O15. The predicted octanol–water partition coefficient (Wildman–Crippen LogP) is 3.88. The first-order valence-corrected chi connectivity index (χ1v) is 28.8. The zero-order chi connectivity index (χ0) is 54.7. The van der Waals surface area contributed by atoms with Crippen LogP contribution in [0.15, 0.2) is 0 Å². The van der Waals surface area contributed by atoms with Gasteiger partial charge in [0.05, 0.1) is 63.5 Å². The molecule has 74 heavy (non-hydrogen) atoms. The normalized spacial score (nSPS) is 11.3. The summed E-state index contributed by atoms with van der Waals surface area (Å²) in [7, 11) is 0. The van der Waals surface area contributed by atoms with E-state index in [4.69, 9.17) is 24.1 Å². The van der Waals surface area contributed by atoms with Crippen LogP contribution in [0.4, 0.5) is 0 Å². The number of unbranched alkanes of at least 4 members (excludes halogenated alkanes) is 14. The maximum Gasteiger partial charge on any atom is 0.326 e. The molecule has 0 bridgehead atoms. The molecule has 0 fully saturated rings. The van der Waals surface area contributed by atoms with Crippen molar-refractivity contribution in [2.45, 2.75) is 154 Å². The molecule has 0 aliphatic rings. The first-order chi connectivity index (χ1) is 35.8. The summed E-state index contributed by atoms with van der Waals surface area (Å²) in [5.41, 5.74) is 0. The number of carbonyl (C=O) groups excluding carboxylic acids is 7. The van der Waals surface area contributed by atoms with Crippen LogP contribution in [0.25, 0.3) is 0 Å². The molecule has 0 aliphatic carbocycles. The molecule has 0 aromatic rings. The predicted molar refractivity (Wildman–Crippen MR) is 286 cm³/mol. The van der Waals surface area contributed by atoms with Crippen LogP contribution in [0, 0.1) is 0 Å². The van der Waals surface area contributed by atoms with Gasteiger partial charge in [0.15, 0.2) is 0 Å². The van der Waals surface area contributed by atoms with Crippen molar-refractivity contribution in [1.29, 1.82) is 0 Å². The number of rotatable bonds is 53. The lowest BCUT2D eigenvalue weighted by molar-refractivity contribution is -0.142. The highest BCUT2D eigenvalue weighted by atomic mass is 79.9. The molecule has 22 nitrogen and oxygen atoms in total. The number of alkyl halides is 2. The van der Waals surface area contributed by atoms with Crippen molar-refractivity contribution < 1.29 is 72.3 Å². The molecule has 0 saturated heterocycles. The molecule has 0 aliphatic heterocycles. The first-order valence-electron chi connectivity index (χ1n) is 26.6. The van der Waals surface area contributed by atoms with Crippen molar-refractivity contribution in [3.8, 4) is 0 Å². The molecule has 0 spiro atoms. The third-order valence-electron chi connectivity index (χ3n) is 11.3. The van der Waals surface area contributed by atoms with Crippen molar-refractivity contribution >= 4 is 85.1 Å². The maximum atomic E-state index is 12.7. The molecule has 8 N–H and O–H groups in total. The fourth-order valence-electron chi connectivity index (χ4n) is 7.17. The number of ether oxygens (including phenoxy) is 4. The Morgan fingerprint density at radius 3 is 1.20 bits per heavy atom. The van der Waals surface area contributed by atoms with E-state index in [1.54, 1.807) is 0 Å². The lowest BCUT2D eigenvalue weighted by atomic mass is 10.0. The van der Waals surface area contributed by atoms with Gasteiger partial charge in [-0.1, -0.05) is 109 Å². The van der Waals surface area contributed by atoms with Gasteiger partial charge in [0.25, 0.3) is 0 Å². The smallest absolute Gasteiger partial charge is 0.326 e. The monoisotopic (exact) mass is 1190 g/mol. The Hall–Kier alpha value is -3.97. The molecule has 0 unspecified atom stereocenters. The lowest BCUT2D eigenvalue weighted by Gasteiger charge is -2.23. The molecule has 0 rings (SSSR count). The van der Waals surface area contributed by atoms with Crippen LogP contribution in [-0.4, -0.2) is 184 Å². The molecule has 24 heteroatoms. The number of nitrogens with zero attached hydrogens (tertiary/aromatic N) is 1. The van der Waals surface area contributed by atoms with Gasteiger partial charge in [0.2, 0.25) is 41.4 Å². The molecule has 428 valence electrons. The zero-order valence-electron chi connectivity index (χ0n) is 43.8. The average molecular weight is 1190 g/mol. The SMILES string of the molecule is O=C(O)CCCCCCCCCCCCCCCCC(=O)N[C@@H](CCCCNC(=O)CCOCCOCCNC(=O)CCOCCOCCNC(=O)CCC(=O)N(CCNC(=O)CBr)CCNC(=O)CBr)C(=O)O. The summed E-state index contributed by atoms with van der Waals surface area (Å²) in [4.78, 5) is 108. The van der Waals surface area contributed by atoms with Gasteiger partial charge in [0, 0.05) is 84.3 Å². The Labute approximate surface area is 455 Å². The Morgan fingerprint density at radius 1 is 0.378 bits per heavy atom. The van der Waals surface area contributed by atoms with E-state index in [2.05, 4.69) is 63.8 Å². The van der Waals surface area contributed by atoms with Crippen LogP contribution in [0.5, 0.6) is 0 Å². The zero-order valence-corrected chi connectivity index (χ0v) is 46.9. The minimum absolute atomic E-state index is 0.0327. The van der Waals surface area contributed by atoms with E-state index in [9.17, 15) is 48.3 Å². The fourth-order valence-corrected chi connectivity index (χ4v) is 7.56. The van der Waals surface area contributed by atoms with Crippen LogP contribution in [0.3, 0.4) is 0 Å². The molecule has 1 atom stereocenters. The molecular weight excluding hydrogens is 1100 g/mol. The molecule has 0 saturated carbocycles. The van der Waals surface area contributed by atoms with E-state index in [1.807, 2.05) is 0 Å². The second kappa shape index (κ2) is 51.2. The summed E-state index contributed by atoms with van der Waals surface area (Å²) in [5.74, 6) is -3.46. The standard InChI is InChI=1S/C50H89Br2N7O15/c51-39-46(64)54-25-29-59(30-26-55-47(65)40-52)48(66)21-20-42(60)56-27-33-73-37-36-72-32-23-44(62)57-28-34-74-38-35-71-31-22-43(61)53-24-16-15-17-41(50(69)70)58-45(63)18-13-11-9-7-5-3-1-2-4-6-8-10-12-14-19-49(67)68/h41H,1-40H2,(H,53,61)(H,54,64)(H,55,65)(H,56,60)(H,57,62)(H,58,63)(H,67,68)(H,69,70)/t41-/m0/s1. The van der Waals surface area contributed by atoms with E-state index in [-0.39, 0.29) is 176 Å². The summed E-state index contributed by atoms with van der Waals surface area (Å²) in [6.45, 7) is 3.86. The quantitative estimate of drug-likeness (QED) is 0.0317. The Bertz CT molecular complexity index is 1530. The number of hydrogen-bond acceptors (Lipinski definition) is 13. The summed E-state index contributed by atoms with van der Waals surface area (Å²) in [6, 6.07) is -0.958. The van der Waals surface area contributed by atoms with Gasteiger partial charge in [0.1, 0.15) is 6.04 Å². The van der Waals surface area contributed by atoms with Crippen molar-refractivity contribution in [1.82, 2.24) is 36.8 Å². The summed E-state index contributed by atoms with van der Waals surface area (Å²) < 4.78 is 21.8. The van der Waals surface area contributed by atoms with E-state index in [1.165, 1.54) is 49.8 Å². The summed E-state index contributed by atoms with van der Waals surface area (Å²) in [6.07, 6.45) is 17.4. The van der Waals surface area contributed by atoms with Crippen LogP contribution in [0.2, 0.25) is 0 Å². The third-order valence-corrected chi connectivity index (χ3v) is 12.3. The van der Waals surface area contributed by atoms with Crippen LogP contribution < -0.4 is 31.9 Å². The second-order valence-corrected chi connectivity index (χ2v) is 18.8. The summed E-state index contributed by atoms with van der Waals surface area (Å²) >= 11 is 6.13. The molecule has 0 heterocycles. The number of halogens is 2. The molecule has 0 aromatic heterocycles. The minimum atomic E-state index is -1.07. The van der Waals surface area contributed by atoms with Crippen LogP contribution in [0.1, 0.15) is 148 Å². The number of carbonyl (C=O) groups is 9. The number of amides is 7. The van der Waals surface area contributed by atoms with Gasteiger partial charge in [-0.2, -0.15) is 0 Å². The topological polar surface area (TPSA) is 306 Å². The number of aliphatic carboxylic acids is 2. The van der Waals surface area contributed by atoms with Crippen molar-refractivity contribution in [3.63, 3.8) is 0 Å². The van der Waals surface area contributed by atoms with E-state index < -0.39 is 18.0 Å². The van der Waals surface area contributed by atoms with Crippen molar-refractivity contribution in [2.75, 3.05) is 109 Å². The van der Waals surface area contributed by atoms with Crippen LogP contribution >= 0.6 is 31.9 Å². The number of carboxylic acids is 2. The Kier molecular flexibility index (Phi) is 48.4. The number of hydrogen-bond donors (Lipinski definition) is 8. The van der Waals surface area contributed by atoms with Crippen molar-refractivity contribution in [2.24, 2.45) is 0 Å². The minimum Gasteiger partial charge on any atom is -0.481 e. The van der Waals surface area contributed by atoms with E-state index in [0.717, 1.165) is 44.9 Å². The number of carboxylic acid groups (broad SMARTS) is 2.